The summed E-state index contributed by atoms with van der Waals surface area (Å²) in [5, 5.41) is 4.76. The van der Waals surface area contributed by atoms with Crippen molar-refractivity contribution in [1.29, 1.82) is 0 Å². The van der Waals surface area contributed by atoms with Gasteiger partial charge in [-0.15, -0.1) is 0 Å². The van der Waals surface area contributed by atoms with Gasteiger partial charge in [-0.2, -0.15) is 0 Å². The Bertz CT molecular complexity index is 3040. The molecule has 0 fully saturated rings. The molecule has 0 N–H and O–H groups in total. The molecule has 258 valence electrons. The van der Waals surface area contributed by atoms with E-state index in [1.165, 1.54) is 32.7 Å². The van der Waals surface area contributed by atoms with Gasteiger partial charge in [-0.25, -0.2) is 19.9 Å². The fourth-order valence-electron chi connectivity index (χ4n) is 8.01. The van der Waals surface area contributed by atoms with Gasteiger partial charge in [-0.05, 0) is 81.4 Å². The predicted octanol–water partition coefficient (Wildman–Crippen LogP) is 12.3. The number of rotatable bonds is 5. The van der Waals surface area contributed by atoms with Gasteiger partial charge >= 0.3 is 0 Å². The lowest BCUT2D eigenvalue weighted by atomic mass is 9.92. The van der Waals surface area contributed by atoms with Crippen LogP contribution >= 0.6 is 0 Å². The summed E-state index contributed by atoms with van der Waals surface area (Å²) in [6, 6.07) is 55.6. The quantitative estimate of drug-likeness (QED) is 0.179. The molecule has 0 spiro atoms. The molecule has 5 nitrogen and oxygen atoms in total. The summed E-state index contributed by atoms with van der Waals surface area (Å²) < 4.78 is 2.10. The Morgan fingerprint density at radius 1 is 0.455 bits per heavy atom. The van der Waals surface area contributed by atoms with Gasteiger partial charge in [0, 0.05) is 34.0 Å². The second-order valence-electron chi connectivity index (χ2n) is 14.2. The van der Waals surface area contributed by atoms with Crippen molar-refractivity contribution in [3.8, 4) is 56.3 Å². The zero-order chi connectivity index (χ0) is 36.3. The van der Waals surface area contributed by atoms with Crippen LogP contribution in [0, 0.1) is 0 Å². The van der Waals surface area contributed by atoms with E-state index in [1.807, 2.05) is 18.2 Å². The average Bonchev–Trinajstić information content (AvgIpc) is 3.65. The second-order valence-corrected chi connectivity index (χ2v) is 14.2. The first kappa shape index (κ1) is 31.3. The maximum atomic E-state index is 5.22. The molecule has 4 heterocycles. The fraction of sp³-hybridized carbons (Fsp3) is 0.0400. The number of pyridine rings is 2. The number of aryl methyl sites for hydroxylation is 1. The van der Waals surface area contributed by atoms with Crippen LogP contribution in [0.2, 0.25) is 0 Å². The van der Waals surface area contributed by atoms with E-state index in [0.29, 0.717) is 5.82 Å². The summed E-state index contributed by atoms with van der Waals surface area (Å²) in [5.41, 5.74) is 14.6. The van der Waals surface area contributed by atoms with E-state index in [1.54, 1.807) is 0 Å². The summed E-state index contributed by atoms with van der Waals surface area (Å²) in [6.07, 6.45) is 8.50. The topological polar surface area (TPSA) is 56.0 Å². The molecule has 1 aliphatic carbocycles. The molecule has 1 aliphatic rings. The van der Waals surface area contributed by atoms with Crippen molar-refractivity contribution in [1.82, 2.24) is 24.3 Å². The zero-order valence-electron chi connectivity index (χ0n) is 29.9. The van der Waals surface area contributed by atoms with Gasteiger partial charge in [0.05, 0.1) is 17.1 Å². The summed E-state index contributed by atoms with van der Waals surface area (Å²) in [5.74, 6) is 0.707. The Labute approximate surface area is 318 Å². The number of nitrogens with zero attached hydrogens (tertiary/aromatic N) is 5. The normalized spacial score (nSPS) is 12.5. The van der Waals surface area contributed by atoms with Crippen LogP contribution in [0.15, 0.2) is 170 Å². The van der Waals surface area contributed by atoms with E-state index < -0.39 is 0 Å². The van der Waals surface area contributed by atoms with Gasteiger partial charge in [0.2, 0.25) is 0 Å². The van der Waals surface area contributed by atoms with Crippen LogP contribution in [-0.4, -0.2) is 24.3 Å². The summed E-state index contributed by atoms with van der Waals surface area (Å²) in [4.78, 5) is 20.5. The monoisotopic (exact) mass is 703 g/mol. The SMILES string of the molecule is C1=Cc2c(-c3ccc(-c4ccc(-c5cc(-c6ccc7ccccc7c6)nc(-c6ccc7ccccc7c6)n5)cc4)cc3)nc3c(nc4ccccn43)c2CC1. The molecule has 4 aromatic heterocycles. The molecule has 55 heavy (non-hydrogen) atoms. The average molecular weight is 704 g/mol. The van der Waals surface area contributed by atoms with E-state index in [-0.39, 0.29) is 0 Å². The number of benzene rings is 6. The van der Waals surface area contributed by atoms with E-state index in [9.17, 15) is 0 Å². The molecule has 11 rings (SSSR count). The Balaban J connectivity index is 0.960. The molecule has 0 saturated heterocycles. The lowest BCUT2D eigenvalue weighted by Gasteiger charge is -2.16. The van der Waals surface area contributed by atoms with Crippen molar-refractivity contribution in [2.75, 3.05) is 0 Å². The highest BCUT2D eigenvalue weighted by molar-refractivity contribution is 5.91. The van der Waals surface area contributed by atoms with Crippen LogP contribution in [0.5, 0.6) is 0 Å². The molecular weight excluding hydrogens is 671 g/mol. The minimum atomic E-state index is 0.707. The van der Waals surface area contributed by atoms with E-state index in [4.69, 9.17) is 19.9 Å². The largest absolute Gasteiger partial charge is 0.284 e. The summed E-state index contributed by atoms with van der Waals surface area (Å²) in [7, 11) is 0. The van der Waals surface area contributed by atoms with Crippen LogP contribution in [0.4, 0.5) is 0 Å². The number of allylic oxidation sites excluding steroid dienone is 1. The van der Waals surface area contributed by atoms with Crippen LogP contribution < -0.4 is 0 Å². The summed E-state index contributed by atoms with van der Waals surface area (Å²) in [6.45, 7) is 0. The highest BCUT2D eigenvalue weighted by atomic mass is 15.1. The fourth-order valence-corrected chi connectivity index (χ4v) is 8.01. The maximum absolute atomic E-state index is 5.22. The Kier molecular flexibility index (Phi) is 7.24. The lowest BCUT2D eigenvalue weighted by Crippen LogP contribution is -2.02. The van der Waals surface area contributed by atoms with Gasteiger partial charge in [-0.3, -0.25) is 4.40 Å². The van der Waals surface area contributed by atoms with Crippen molar-refractivity contribution in [2.45, 2.75) is 12.8 Å². The van der Waals surface area contributed by atoms with Crippen LogP contribution in [-0.2, 0) is 6.42 Å². The number of hydrogen-bond acceptors (Lipinski definition) is 4. The molecule has 10 aromatic rings. The first-order valence-corrected chi connectivity index (χ1v) is 18.8. The van der Waals surface area contributed by atoms with Crippen LogP contribution in [0.1, 0.15) is 17.5 Å². The number of hydrogen-bond donors (Lipinski definition) is 0. The molecule has 5 heteroatoms. The Morgan fingerprint density at radius 3 is 1.76 bits per heavy atom. The highest BCUT2D eigenvalue weighted by Crippen LogP contribution is 2.36. The zero-order valence-corrected chi connectivity index (χ0v) is 29.9. The second kappa shape index (κ2) is 12.7. The van der Waals surface area contributed by atoms with Gasteiger partial charge in [-0.1, -0.05) is 140 Å². The molecule has 0 atom stereocenters. The third-order valence-electron chi connectivity index (χ3n) is 10.9. The Hall–Kier alpha value is -7.24. The van der Waals surface area contributed by atoms with E-state index in [2.05, 4.69) is 162 Å². The lowest BCUT2D eigenvalue weighted by molar-refractivity contribution is 0.989. The predicted molar refractivity (Wildman–Crippen MR) is 226 cm³/mol. The van der Waals surface area contributed by atoms with E-state index in [0.717, 1.165) is 80.1 Å². The van der Waals surface area contributed by atoms with Crippen molar-refractivity contribution in [3.63, 3.8) is 0 Å². The Morgan fingerprint density at radius 2 is 1.04 bits per heavy atom. The van der Waals surface area contributed by atoms with Crippen LogP contribution in [0.25, 0.3) is 101 Å². The molecule has 0 unspecified atom stereocenters. The first-order chi connectivity index (χ1) is 27.2. The summed E-state index contributed by atoms with van der Waals surface area (Å²) >= 11 is 0. The van der Waals surface area contributed by atoms with Crippen LogP contribution in [0.3, 0.4) is 0 Å². The standard InChI is InChI=1S/C50H33N5/c1-3-11-38-29-40(26-20-32(38)9-1)45-31-44(51-49(52-45)41-27-21-33-10-2-4-12-39(33)30-41)36-22-16-34(17-23-36)35-18-24-37(25-19-35)47-42-13-5-6-14-43(42)48-50(54-47)55-28-8-7-15-46(55)53-48/h1-5,7-13,15-31H,6,14H2. The molecule has 0 amide bonds. The first-order valence-electron chi connectivity index (χ1n) is 18.8. The molecular formula is C50H33N5. The number of aromatic nitrogens is 5. The maximum Gasteiger partial charge on any atom is 0.165 e. The highest BCUT2D eigenvalue weighted by Gasteiger charge is 2.20. The molecule has 0 bridgehead atoms. The molecule has 0 aliphatic heterocycles. The van der Waals surface area contributed by atoms with E-state index >= 15 is 0 Å². The van der Waals surface area contributed by atoms with Gasteiger partial charge in [0.15, 0.2) is 11.5 Å². The van der Waals surface area contributed by atoms with Gasteiger partial charge < -0.3 is 0 Å². The van der Waals surface area contributed by atoms with Gasteiger partial charge in [0.25, 0.3) is 0 Å². The van der Waals surface area contributed by atoms with Crippen molar-refractivity contribution >= 4 is 44.4 Å². The minimum Gasteiger partial charge on any atom is -0.284 e. The molecule has 6 aromatic carbocycles. The van der Waals surface area contributed by atoms with Crippen molar-refractivity contribution < 1.29 is 0 Å². The molecule has 0 saturated carbocycles. The number of fused-ring (bicyclic) bond motifs is 7. The van der Waals surface area contributed by atoms with Crippen molar-refractivity contribution in [3.05, 3.63) is 181 Å². The molecule has 0 radical (unpaired) electrons. The number of imidazole rings is 1. The third kappa shape index (κ3) is 5.48. The smallest absolute Gasteiger partial charge is 0.165 e. The van der Waals surface area contributed by atoms with Gasteiger partial charge in [0.1, 0.15) is 11.2 Å². The van der Waals surface area contributed by atoms with Crippen molar-refractivity contribution in [2.24, 2.45) is 0 Å². The minimum absolute atomic E-state index is 0.707. The third-order valence-corrected chi connectivity index (χ3v) is 10.9.